The number of aryl methyl sites for hydroxylation is 1. The van der Waals surface area contributed by atoms with E-state index in [0.29, 0.717) is 12.2 Å². The molecular weight excluding hydrogens is 160 g/mol. The average molecular weight is 170 g/mol. The van der Waals surface area contributed by atoms with Crippen molar-refractivity contribution in [2.45, 2.75) is 6.54 Å². The van der Waals surface area contributed by atoms with Crippen LogP contribution in [0.15, 0.2) is 6.20 Å². The maximum absolute atomic E-state index is 10.6. The summed E-state index contributed by atoms with van der Waals surface area (Å²) in [4.78, 5) is 10.6. The summed E-state index contributed by atoms with van der Waals surface area (Å²) in [5.74, 6) is 0. The molecule has 0 aliphatic carbocycles. The summed E-state index contributed by atoms with van der Waals surface area (Å²) >= 11 is 0. The first-order chi connectivity index (χ1) is 5.72. The molecule has 0 radical (unpaired) electrons. The molecule has 6 heteroatoms. The van der Waals surface area contributed by atoms with Crippen LogP contribution in [-0.2, 0) is 18.3 Å². The van der Waals surface area contributed by atoms with E-state index in [4.69, 9.17) is 0 Å². The van der Waals surface area contributed by atoms with Crippen LogP contribution in [0.2, 0.25) is 0 Å². The standard InChI is InChI=1S/C6H10N4O2/c1-10-4-5(8-9-10)3-7-6(11)12-2/h4H,3H2,1-2H3,(H,7,11). The second-order valence-electron chi connectivity index (χ2n) is 2.23. The van der Waals surface area contributed by atoms with E-state index in [1.54, 1.807) is 17.9 Å². The van der Waals surface area contributed by atoms with Gasteiger partial charge in [-0.2, -0.15) is 0 Å². The zero-order chi connectivity index (χ0) is 8.97. The quantitative estimate of drug-likeness (QED) is 0.659. The van der Waals surface area contributed by atoms with Crippen LogP contribution in [0.1, 0.15) is 5.69 Å². The third kappa shape index (κ3) is 2.22. The van der Waals surface area contributed by atoms with Gasteiger partial charge in [-0.25, -0.2) is 4.79 Å². The van der Waals surface area contributed by atoms with E-state index in [0.717, 1.165) is 0 Å². The van der Waals surface area contributed by atoms with E-state index in [-0.39, 0.29) is 0 Å². The number of aromatic nitrogens is 3. The minimum Gasteiger partial charge on any atom is -0.453 e. The molecule has 0 aromatic carbocycles. The number of alkyl carbamates (subject to hydrolysis) is 1. The molecular formula is C6H10N4O2. The van der Waals surface area contributed by atoms with Crippen LogP contribution in [-0.4, -0.2) is 28.2 Å². The molecule has 1 rings (SSSR count). The molecule has 0 aliphatic rings. The fourth-order valence-corrected chi connectivity index (χ4v) is 0.711. The highest BCUT2D eigenvalue weighted by Crippen LogP contribution is 1.89. The van der Waals surface area contributed by atoms with Gasteiger partial charge in [-0.1, -0.05) is 5.21 Å². The third-order valence-electron chi connectivity index (χ3n) is 1.25. The van der Waals surface area contributed by atoms with Gasteiger partial charge in [0, 0.05) is 13.2 Å². The van der Waals surface area contributed by atoms with Crippen molar-refractivity contribution < 1.29 is 9.53 Å². The van der Waals surface area contributed by atoms with Crippen molar-refractivity contribution in [3.05, 3.63) is 11.9 Å². The summed E-state index contributed by atoms with van der Waals surface area (Å²) in [7, 11) is 3.07. The number of nitrogens with zero attached hydrogens (tertiary/aromatic N) is 3. The predicted octanol–water partition coefficient (Wildman–Crippen LogP) is -0.329. The van der Waals surface area contributed by atoms with Gasteiger partial charge in [-0.3, -0.25) is 4.68 Å². The number of nitrogens with one attached hydrogen (secondary N) is 1. The summed E-state index contributed by atoms with van der Waals surface area (Å²) < 4.78 is 5.94. The molecule has 1 aromatic heterocycles. The zero-order valence-corrected chi connectivity index (χ0v) is 6.94. The van der Waals surface area contributed by atoms with E-state index >= 15 is 0 Å². The van der Waals surface area contributed by atoms with Gasteiger partial charge in [0.25, 0.3) is 0 Å². The molecule has 1 aromatic rings. The van der Waals surface area contributed by atoms with Gasteiger partial charge in [0.2, 0.25) is 0 Å². The Morgan fingerprint density at radius 1 is 1.83 bits per heavy atom. The third-order valence-corrected chi connectivity index (χ3v) is 1.25. The Labute approximate surface area is 69.5 Å². The highest BCUT2D eigenvalue weighted by molar-refractivity contribution is 5.66. The molecule has 6 nitrogen and oxygen atoms in total. The number of amides is 1. The van der Waals surface area contributed by atoms with Crippen LogP contribution >= 0.6 is 0 Å². The lowest BCUT2D eigenvalue weighted by Gasteiger charge is -1.98. The van der Waals surface area contributed by atoms with E-state index in [1.165, 1.54) is 7.11 Å². The minimum atomic E-state index is -0.472. The van der Waals surface area contributed by atoms with Gasteiger partial charge >= 0.3 is 6.09 Å². The molecule has 1 amide bonds. The topological polar surface area (TPSA) is 69.0 Å². The largest absolute Gasteiger partial charge is 0.453 e. The molecule has 1 heterocycles. The Morgan fingerprint density at radius 3 is 3.08 bits per heavy atom. The van der Waals surface area contributed by atoms with Gasteiger partial charge in [-0.15, -0.1) is 5.10 Å². The summed E-state index contributed by atoms with van der Waals surface area (Å²) in [6.07, 6.45) is 1.25. The summed E-state index contributed by atoms with van der Waals surface area (Å²) in [6, 6.07) is 0. The maximum Gasteiger partial charge on any atom is 0.407 e. The van der Waals surface area contributed by atoms with Gasteiger partial charge in [0.15, 0.2) is 0 Å². The molecule has 0 saturated carbocycles. The van der Waals surface area contributed by atoms with Crippen molar-refractivity contribution in [1.82, 2.24) is 20.3 Å². The van der Waals surface area contributed by atoms with Gasteiger partial charge in [-0.05, 0) is 0 Å². The van der Waals surface area contributed by atoms with E-state index < -0.39 is 6.09 Å². The fourth-order valence-electron chi connectivity index (χ4n) is 0.711. The first kappa shape index (κ1) is 8.51. The lowest BCUT2D eigenvalue weighted by Crippen LogP contribution is -2.22. The van der Waals surface area contributed by atoms with Crippen LogP contribution in [0.25, 0.3) is 0 Å². The average Bonchev–Trinajstić information content (AvgIpc) is 2.47. The van der Waals surface area contributed by atoms with Crippen molar-refractivity contribution in [3.8, 4) is 0 Å². The van der Waals surface area contributed by atoms with Crippen molar-refractivity contribution in [3.63, 3.8) is 0 Å². The molecule has 0 bridgehead atoms. The number of methoxy groups -OCH3 is 1. The Bertz CT molecular complexity index is 270. The highest BCUT2D eigenvalue weighted by atomic mass is 16.5. The lowest BCUT2D eigenvalue weighted by atomic mass is 10.5. The summed E-state index contributed by atoms with van der Waals surface area (Å²) in [5.41, 5.74) is 0.697. The van der Waals surface area contributed by atoms with Crippen molar-refractivity contribution in [2.75, 3.05) is 7.11 Å². The Hall–Kier alpha value is -1.59. The predicted molar refractivity (Wildman–Crippen MR) is 40.2 cm³/mol. The number of carbonyl (C=O) groups excluding carboxylic acids is 1. The molecule has 66 valence electrons. The molecule has 1 N–H and O–H groups in total. The molecule has 12 heavy (non-hydrogen) atoms. The molecule has 0 fully saturated rings. The first-order valence-electron chi connectivity index (χ1n) is 3.39. The van der Waals surface area contributed by atoms with E-state index in [9.17, 15) is 4.79 Å². The van der Waals surface area contributed by atoms with Crippen LogP contribution in [0.3, 0.4) is 0 Å². The van der Waals surface area contributed by atoms with Crippen LogP contribution < -0.4 is 5.32 Å². The second-order valence-corrected chi connectivity index (χ2v) is 2.23. The van der Waals surface area contributed by atoms with Crippen molar-refractivity contribution >= 4 is 6.09 Å². The monoisotopic (exact) mass is 170 g/mol. The SMILES string of the molecule is COC(=O)NCc1cn(C)nn1. The Balaban J connectivity index is 2.38. The van der Waals surface area contributed by atoms with Crippen molar-refractivity contribution in [1.29, 1.82) is 0 Å². The summed E-state index contributed by atoms with van der Waals surface area (Å²) in [5, 5.41) is 9.94. The van der Waals surface area contributed by atoms with E-state index in [1.807, 2.05) is 0 Å². The first-order valence-corrected chi connectivity index (χ1v) is 3.39. The lowest BCUT2D eigenvalue weighted by molar-refractivity contribution is 0.170. The summed E-state index contributed by atoms with van der Waals surface area (Å²) in [6.45, 7) is 0.334. The zero-order valence-electron chi connectivity index (χ0n) is 6.94. The smallest absolute Gasteiger partial charge is 0.407 e. The maximum atomic E-state index is 10.6. The molecule has 0 saturated heterocycles. The van der Waals surface area contributed by atoms with E-state index in [2.05, 4.69) is 20.4 Å². The normalized spacial score (nSPS) is 9.50. The number of carbonyl (C=O) groups is 1. The number of rotatable bonds is 2. The van der Waals surface area contributed by atoms with Gasteiger partial charge < -0.3 is 10.1 Å². The molecule has 0 unspecified atom stereocenters. The highest BCUT2D eigenvalue weighted by Gasteiger charge is 2.00. The molecule has 0 spiro atoms. The van der Waals surface area contributed by atoms with Crippen LogP contribution in [0.4, 0.5) is 4.79 Å². The minimum absolute atomic E-state index is 0.334. The molecule has 0 atom stereocenters. The Kier molecular flexibility index (Phi) is 2.62. The molecule has 0 aliphatic heterocycles. The second kappa shape index (κ2) is 3.70. The number of ether oxygens (including phenoxy) is 1. The van der Waals surface area contributed by atoms with Gasteiger partial charge in [0.05, 0.1) is 13.7 Å². The van der Waals surface area contributed by atoms with Crippen LogP contribution in [0.5, 0.6) is 0 Å². The Morgan fingerprint density at radius 2 is 2.58 bits per heavy atom. The van der Waals surface area contributed by atoms with Crippen molar-refractivity contribution in [2.24, 2.45) is 7.05 Å². The number of hydrogen-bond acceptors (Lipinski definition) is 4. The van der Waals surface area contributed by atoms with Gasteiger partial charge in [0.1, 0.15) is 5.69 Å². The fraction of sp³-hybridized carbons (Fsp3) is 0.500. The number of hydrogen-bond donors (Lipinski definition) is 1. The van der Waals surface area contributed by atoms with Crippen LogP contribution in [0, 0.1) is 0 Å².